The molecule has 0 radical (unpaired) electrons. The van der Waals surface area contributed by atoms with Crippen molar-refractivity contribution in [1.82, 2.24) is 4.90 Å². The third kappa shape index (κ3) is 4.52. The minimum absolute atomic E-state index is 0.289. The fraction of sp³-hybridized carbons (Fsp3) is 0.500. The Labute approximate surface area is 110 Å². The average Bonchev–Trinajstić information content (AvgIpc) is 2.23. The molecule has 0 saturated heterocycles. The van der Waals surface area contributed by atoms with Crippen molar-refractivity contribution in [3.05, 3.63) is 22.4 Å². The van der Waals surface area contributed by atoms with Crippen LogP contribution in [0.15, 0.2) is 16.6 Å². The highest BCUT2D eigenvalue weighted by atomic mass is 79.9. The number of nitrogens with zero attached hydrogens (tertiary/aromatic N) is 1. The van der Waals surface area contributed by atoms with Gasteiger partial charge in [-0.2, -0.15) is 0 Å². The molecule has 0 fully saturated rings. The molecule has 0 aromatic heterocycles. The lowest BCUT2D eigenvalue weighted by molar-refractivity contribution is 0.390. The average molecular weight is 304 g/mol. The van der Waals surface area contributed by atoms with E-state index >= 15 is 0 Å². The minimum Gasteiger partial charge on any atom is -0.397 e. The van der Waals surface area contributed by atoms with Crippen LogP contribution in [0, 0.1) is 5.82 Å². The molecule has 17 heavy (non-hydrogen) atoms. The number of nitrogens with one attached hydrogen (secondary N) is 1. The summed E-state index contributed by atoms with van der Waals surface area (Å²) in [7, 11) is 4.07. The van der Waals surface area contributed by atoms with Gasteiger partial charge in [0.05, 0.1) is 15.8 Å². The topological polar surface area (TPSA) is 41.3 Å². The molecule has 1 rings (SSSR count). The summed E-state index contributed by atoms with van der Waals surface area (Å²) in [6, 6.07) is 3.29. The Balaban J connectivity index is 2.65. The van der Waals surface area contributed by atoms with E-state index in [2.05, 4.69) is 33.1 Å². The molecule has 0 amide bonds. The van der Waals surface area contributed by atoms with E-state index in [0.29, 0.717) is 10.2 Å². The number of benzene rings is 1. The Morgan fingerprint density at radius 1 is 1.47 bits per heavy atom. The van der Waals surface area contributed by atoms with Gasteiger partial charge < -0.3 is 16.0 Å². The molecule has 0 bridgehead atoms. The van der Waals surface area contributed by atoms with Gasteiger partial charge in [0.25, 0.3) is 0 Å². The highest BCUT2D eigenvalue weighted by Gasteiger charge is 2.09. The molecule has 0 heterocycles. The SMILES string of the molecule is CC(CCN(C)C)Nc1cc(Br)c(F)cc1N. The molecule has 0 spiro atoms. The number of anilines is 2. The number of halogens is 2. The van der Waals surface area contributed by atoms with Crippen molar-refractivity contribution in [1.29, 1.82) is 0 Å². The maximum Gasteiger partial charge on any atom is 0.139 e. The molecule has 0 aliphatic carbocycles. The van der Waals surface area contributed by atoms with Gasteiger partial charge in [-0.25, -0.2) is 4.39 Å². The van der Waals surface area contributed by atoms with Gasteiger partial charge in [0.15, 0.2) is 0 Å². The largest absolute Gasteiger partial charge is 0.397 e. The smallest absolute Gasteiger partial charge is 0.139 e. The van der Waals surface area contributed by atoms with Gasteiger partial charge in [0, 0.05) is 12.1 Å². The highest BCUT2D eigenvalue weighted by Crippen LogP contribution is 2.27. The number of hydrogen-bond acceptors (Lipinski definition) is 3. The predicted octanol–water partition coefficient (Wildman–Crippen LogP) is 2.92. The third-order valence-corrected chi connectivity index (χ3v) is 3.11. The zero-order valence-corrected chi connectivity index (χ0v) is 12.0. The van der Waals surface area contributed by atoms with Crippen LogP contribution in [0.1, 0.15) is 13.3 Å². The number of nitrogens with two attached hydrogens (primary N) is 1. The number of hydrogen-bond donors (Lipinski definition) is 2. The Morgan fingerprint density at radius 3 is 2.71 bits per heavy atom. The van der Waals surface area contributed by atoms with E-state index in [1.807, 2.05) is 14.1 Å². The lowest BCUT2D eigenvalue weighted by Gasteiger charge is -2.19. The zero-order valence-electron chi connectivity index (χ0n) is 10.4. The molecule has 1 aromatic rings. The van der Waals surface area contributed by atoms with E-state index in [1.165, 1.54) is 6.07 Å². The summed E-state index contributed by atoms with van der Waals surface area (Å²) in [5, 5.41) is 3.29. The van der Waals surface area contributed by atoms with Crippen molar-refractivity contribution in [3.8, 4) is 0 Å². The molecular weight excluding hydrogens is 285 g/mol. The second kappa shape index (κ2) is 6.21. The maximum atomic E-state index is 13.2. The minimum atomic E-state index is -0.339. The molecule has 0 aliphatic heterocycles. The normalized spacial score (nSPS) is 12.8. The van der Waals surface area contributed by atoms with Crippen LogP contribution < -0.4 is 11.1 Å². The first-order valence-electron chi connectivity index (χ1n) is 5.56. The van der Waals surface area contributed by atoms with Gasteiger partial charge in [-0.05, 0) is 56.0 Å². The summed E-state index contributed by atoms with van der Waals surface area (Å²) in [5.41, 5.74) is 6.96. The van der Waals surface area contributed by atoms with Crippen LogP contribution in [0.2, 0.25) is 0 Å². The van der Waals surface area contributed by atoms with Gasteiger partial charge in [-0.3, -0.25) is 0 Å². The lowest BCUT2D eigenvalue weighted by Crippen LogP contribution is -2.23. The molecule has 3 N–H and O–H groups in total. The molecule has 1 unspecified atom stereocenters. The van der Waals surface area contributed by atoms with Gasteiger partial charge in [-0.15, -0.1) is 0 Å². The van der Waals surface area contributed by atoms with E-state index in [-0.39, 0.29) is 11.9 Å². The van der Waals surface area contributed by atoms with Gasteiger partial charge in [-0.1, -0.05) is 0 Å². The van der Waals surface area contributed by atoms with Crippen LogP contribution in [-0.4, -0.2) is 31.6 Å². The summed E-state index contributed by atoms with van der Waals surface area (Å²) >= 11 is 3.15. The Hall–Kier alpha value is -0.810. The number of rotatable bonds is 5. The van der Waals surface area contributed by atoms with E-state index in [1.54, 1.807) is 6.07 Å². The van der Waals surface area contributed by atoms with Crippen molar-refractivity contribution in [2.75, 3.05) is 31.7 Å². The Bertz CT molecular complexity index is 382. The summed E-state index contributed by atoms with van der Waals surface area (Å²) in [6.45, 7) is 3.08. The molecule has 1 atom stereocenters. The van der Waals surface area contributed by atoms with Crippen LogP contribution in [0.25, 0.3) is 0 Å². The van der Waals surface area contributed by atoms with Crippen LogP contribution in [-0.2, 0) is 0 Å². The van der Waals surface area contributed by atoms with E-state index in [4.69, 9.17) is 5.73 Å². The van der Waals surface area contributed by atoms with Crippen molar-refractivity contribution in [2.45, 2.75) is 19.4 Å². The molecular formula is C12H19BrFN3. The first kappa shape index (κ1) is 14.3. The van der Waals surface area contributed by atoms with Crippen molar-refractivity contribution >= 4 is 27.3 Å². The Kier molecular flexibility index (Phi) is 5.21. The first-order valence-corrected chi connectivity index (χ1v) is 6.35. The van der Waals surface area contributed by atoms with Crippen LogP contribution >= 0.6 is 15.9 Å². The van der Waals surface area contributed by atoms with Gasteiger partial charge in [0.2, 0.25) is 0 Å². The number of nitrogen functional groups attached to an aromatic ring is 1. The van der Waals surface area contributed by atoms with Crippen LogP contribution in [0.5, 0.6) is 0 Å². The maximum absolute atomic E-state index is 13.2. The summed E-state index contributed by atoms with van der Waals surface area (Å²) in [4.78, 5) is 2.13. The third-order valence-electron chi connectivity index (χ3n) is 2.50. The quantitative estimate of drug-likeness (QED) is 0.822. The summed E-state index contributed by atoms with van der Waals surface area (Å²) in [5.74, 6) is -0.339. The molecule has 96 valence electrons. The van der Waals surface area contributed by atoms with Crippen molar-refractivity contribution in [3.63, 3.8) is 0 Å². The first-order chi connectivity index (χ1) is 7.90. The molecule has 0 aliphatic rings. The molecule has 1 aromatic carbocycles. The summed E-state index contributed by atoms with van der Waals surface area (Å²) in [6.07, 6.45) is 1.00. The predicted molar refractivity (Wildman–Crippen MR) is 74.8 cm³/mol. The molecule has 3 nitrogen and oxygen atoms in total. The van der Waals surface area contributed by atoms with E-state index in [0.717, 1.165) is 18.7 Å². The van der Waals surface area contributed by atoms with Crippen molar-refractivity contribution in [2.24, 2.45) is 0 Å². The summed E-state index contributed by atoms with van der Waals surface area (Å²) < 4.78 is 13.6. The second-order valence-corrected chi connectivity index (χ2v) is 5.35. The standard InChI is InChI=1S/C12H19BrFN3/c1-8(4-5-17(2)3)16-12-6-9(13)10(14)7-11(12)15/h6-8,16H,4-5,15H2,1-3H3. The van der Waals surface area contributed by atoms with E-state index in [9.17, 15) is 4.39 Å². The lowest BCUT2D eigenvalue weighted by atomic mass is 10.2. The zero-order chi connectivity index (χ0) is 13.0. The van der Waals surface area contributed by atoms with Crippen LogP contribution in [0.3, 0.4) is 0 Å². The van der Waals surface area contributed by atoms with E-state index < -0.39 is 0 Å². The van der Waals surface area contributed by atoms with Crippen molar-refractivity contribution < 1.29 is 4.39 Å². The highest BCUT2D eigenvalue weighted by molar-refractivity contribution is 9.10. The van der Waals surface area contributed by atoms with Crippen LogP contribution in [0.4, 0.5) is 15.8 Å². The monoisotopic (exact) mass is 303 g/mol. The fourth-order valence-electron chi connectivity index (χ4n) is 1.48. The van der Waals surface area contributed by atoms with Gasteiger partial charge in [0.1, 0.15) is 5.82 Å². The second-order valence-electron chi connectivity index (χ2n) is 4.49. The molecule has 0 saturated carbocycles. The fourth-order valence-corrected chi connectivity index (χ4v) is 1.82. The van der Waals surface area contributed by atoms with Gasteiger partial charge >= 0.3 is 0 Å². The molecule has 5 heteroatoms. The Morgan fingerprint density at radius 2 is 2.12 bits per heavy atom.